The third kappa shape index (κ3) is 3.57. The number of aliphatic hydroxyl groups is 1. The van der Waals surface area contributed by atoms with E-state index in [0.717, 1.165) is 5.69 Å². The number of aromatic nitrogens is 1. The number of carbonyl (C=O) groups is 1. The lowest BCUT2D eigenvalue weighted by atomic mass is 10.2. The summed E-state index contributed by atoms with van der Waals surface area (Å²) >= 11 is 0. The van der Waals surface area contributed by atoms with Crippen LogP contribution in [0.15, 0.2) is 36.5 Å². The van der Waals surface area contributed by atoms with Crippen molar-refractivity contribution in [3.63, 3.8) is 0 Å². The number of urea groups is 1. The predicted octanol–water partition coefficient (Wildman–Crippen LogP) is 2.00. The average molecular weight is 317 g/mol. The van der Waals surface area contributed by atoms with Gasteiger partial charge in [0.2, 0.25) is 6.79 Å². The third-order valence-corrected chi connectivity index (χ3v) is 3.66. The molecule has 2 heterocycles. The zero-order valence-electron chi connectivity index (χ0n) is 12.8. The second-order valence-corrected chi connectivity index (χ2v) is 5.30. The molecular weight excluding hydrogens is 298 g/mol. The van der Waals surface area contributed by atoms with E-state index in [-0.39, 0.29) is 12.8 Å². The topological polar surface area (TPSA) is 84.8 Å². The highest BCUT2D eigenvalue weighted by molar-refractivity contribution is 5.89. The third-order valence-electron chi connectivity index (χ3n) is 3.66. The lowest BCUT2D eigenvalue weighted by molar-refractivity contribution is 0.159. The number of carbonyl (C=O) groups excluding carboxylic acids is 1. The normalized spacial score (nSPS) is 13.7. The summed E-state index contributed by atoms with van der Waals surface area (Å²) in [5.41, 5.74) is 1.44. The molecule has 3 rings (SSSR count). The van der Waals surface area contributed by atoms with Crippen LogP contribution in [0.3, 0.4) is 0 Å². The van der Waals surface area contributed by atoms with E-state index in [9.17, 15) is 9.90 Å². The first-order valence-electron chi connectivity index (χ1n) is 7.37. The Labute approximate surface area is 133 Å². The summed E-state index contributed by atoms with van der Waals surface area (Å²) in [5, 5.41) is 15.5. The molecule has 23 heavy (non-hydrogen) atoms. The molecule has 0 spiro atoms. The van der Waals surface area contributed by atoms with E-state index < -0.39 is 6.10 Å². The second kappa shape index (κ2) is 6.62. The number of aryl methyl sites for hydroxylation is 1. The molecule has 1 aromatic heterocycles. The quantitative estimate of drug-likeness (QED) is 0.787. The van der Waals surface area contributed by atoms with E-state index in [0.29, 0.717) is 30.2 Å². The molecule has 0 fully saturated rings. The number of rotatable bonds is 5. The highest BCUT2D eigenvalue weighted by atomic mass is 16.7. The summed E-state index contributed by atoms with van der Waals surface area (Å²) in [6.07, 6.45) is 1.70. The first-order chi connectivity index (χ1) is 11.1. The van der Waals surface area contributed by atoms with Crippen molar-refractivity contribution >= 4 is 11.7 Å². The van der Waals surface area contributed by atoms with E-state index in [1.165, 1.54) is 0 Å². The first kappa shape index (κ1) is 15.2. The fraction of sp³-hybridized carbons (Fsp3) is 0.312. The lowest BCUT2D eigenvalue weighted by Gasteiger charge is -2.13. The minimum atomic E-state index is -0.610. The zero-order valence-corrected chi connectivity index (χ0v) is 12.8. The number of aliphatic hydroxyl groups excluding tert-OH is 1. The molecule has 0 bridgehead atoms. The van der Waals surface area contributed by atoms with E-state index in [4.69, 9.17) is 9.47 Å². The van der Waals surface area contributed by atoms with Gasteiger partial charge < -0.3 is 29.8 Å². The van der Waals surface area contributed by atoms with E-state index in [2.05, 4.69) is 10.6 Å². The Hall–Kier alpha value is -2.67. The molecule has 2 aromatic rings. The minimum Gasteiger partial charge on any atom is -0.454 e. The number of amides is 2. The van der Waals surface area contributed by atoms with Crippen LogP contribution in [0.4, 0.5) is 10.5 Å². The highest BCUT2D eigenvalue weighted by Gasteiger charge is 2.14. The van der Waals surface area contributed by atoms with Gasteiger partial charge in [-0.3, -0.25) is 0 Å². The summed E-state index contributed by atoms with van der Waals surface area (Å²) in [6.45, 7) is 0.560. The molecule has 1 aromatic carbocycles. The minimum absolute atomic E-state index is 0.196. The van der Waals surface area contributed by atoms with E-state index in [1.807, 2.05) is 29.9 Å². The van der Waals surface area contributed by atoms with Crippen molar-refractivity contribution in [1.82, 2.24) is 9.88 Å². The van der Waals surface area contributed by atoms with Gasteiger partial charge in [-0.1, -0.05) is 0 Å². The van der Waals surface area contributed by atoms with Crippen molar-refractivity contribution in [2.45, 2.75) is 12.5 Å². The molecule has 7 heteroatoms. The van der Waals surface area contributed by atoms with Gasteiger partial charge in [-0.2, -0.15) is 0 Å². The largest absolute Gasteiger partial charge is 0.454 e. The van der Waals surface area contributed by atoms with Crippen LogP contribution in [-0.2, 0) is 7.05 Å². The van der Waals surface area contributed by atoms with Crippen molar-refractivity contribution in [2.75, 3.05) is 18.7 Å². The van der Waals surface area contributed by atoms with Crippen LogP contribution < -0.4 is 20.1 Å². The molecule has 2 amide bonds. The number of anilines is 1. The molecule has 7 nitrogen and oxygen atoms in total. The maximum atomic E-state index is 11.9. The SMILES string of the molecule is Cn1cccc1[C@@H](O)CCNC(=O)Nc1ccc2c(c1)OCO2. The van der Waals surface area contributed by atoms with Crippen molar-refractivity contribution in [3.8, 4) is 11.5 Å². The fourth-order valence-electron chi connectivity index (χ4n) is 2.44. The molecule has 0 unspecified atom stereocenters. The van der Waals surface area contributed by atoms with Gasteiger partial charge in [0.15, 0.2) is 11.5 Å². The lowest BCUT2D eigenvalue weighted by Crippen LogP contribution is -2.30. The van der Waals surface area contributed by atoms with Crippen molar-refractivity contribution in [1.29, 1.82) is 0 Å². The van der Waals surface area contributed by atoms with Gasteiger partial charge in [0.25, 0.3) is 0 Å². The van der Waals surface area contributed by atoms with Gasteiger partial charge in [0, 0.05) is 37.2 Å². The smallest absolute Gasteiger partial charge is 0.319 e. The number of ether oxygens (including phenoxy) is 2. The van der Waals surface area contributed by atoms with Gasteiger partial charge >= 0.3 is 6.03 Å². The molecule has 1 aliphatic heterocycles. The second-order valence-electron chi connectivity index (χ2n) is 5.30. The zero-order chi connectivity index (χ0) is 16.2. The Kier molecular flexibility index (Phi) is 4.38. The first-order valence-corrected chi connectivity index (χ1v) is 7.37. The van der Waals surface area contributed by atoms with Gasteiger partial charge in [0.1, 0.15) is 0 Å². The molecule has 1 aliphatic rings. The summed E-state index contributed by atoms with van der Waals surface area (Å²) in [5.74, 6) is 1.28. The van der Waals surface area contributed by atoms with Crippen LogP contribution in [-0.4, -0.2) is 29.0 Å². The van der Waals surface area contributed by atoms with Crippen molar-refractivity contribution < 1.29 is 19.4 Å². The Morgan fingerprint density at radius 2 is 2.17 bits per heavy atom. The maximum Gasteiger partial charge on any atom is 0.319 e. The average Bonchev–Trinajstić information content (AvgIpc) is 3.15. The van der Waals surface area contributed by atoms with Crippen molar-refractivity contribution in [2.24, 2.45) is 7.05 Å². The van der Waals surface area contributed by atoms with Crippen LogP contribution >= 0.6 is 0 Å². The van der Waals surface area contributed by atoms with Crippen molar-refractivity contribution in [3.05, 3.63) is 42.2 Å². The van der Waals surface area contributed by atoms with E-state index in [1.54, 1.807) is 18.2 Å². The maximum absolute atomic E-state index is 11.9. The predicted molar refractivity (Wildman–Crippen MR) is 84.6 cm³/mol. The van der Waals surface area contributed by atoms with Gasteiger partial charge in [-0.25, -0.2) is 4.79 Å². The number of benzene rings is 1. The summed E-state index contributed by atoms with van der Waals surface area (Å²) < 4.78 is 12.3. The Morgan fingerprint density at radius 1 is 1.35 bits per heavy atom. The monoisotopic (exact) mass is 317 g/mol. The Balaban J connectivity index is 1.46. The van der Waals surface area contributed by atoms with Gasteiger partial charge in [-0.05, 0) is 30.7 Å². The summed E-state index contributed by atoms with van der Waals surface area (Å²) in [4.78, 5) is 11.9. The number of nitrogens with zero attached hydrogens (tertiary/aromatic N) is 1. The van der Waals surface area contributed by atoms with Crippen LogP contribution in [0.1, 0.15) is 18.2 Å². The van der Waals surface area contributed by atoms with Crippen LogP contribution in [0.2, 0.25) is 0 Å². The molecule has 1 atom stereocenters. The number of hydrogen-bond donors (Lipinski definition) is 3. The van der Waals surface area contributed by atoms with Crippen LogP contribution in [0.25, 0.3) is 0 Å². The van der Waals surface area contributed by atoms with Gasteiger partial charge in [-0.15, -0.1) is 0 Å². The highest BCUT2D eigenvalue weighted by Crippen LogP contribution is 2.34. The molecule has 3 N–H and O–H groups in total. The molecular formula is C16H19N3O4. The molecule has 0 aliphatic carbocycles. The van der Waals surface area contributed by atoms with E-state index >= 15 is 0 Å². The van der Waals surface area contributed by atoms with Crippen LogP contribution in [0, 0.1) is 0 Å². The Bertz CT molecular complexity index is 698. The Morgan fingerprint density at radius 3 is 2.96 bits per heavy atom. The summed E-state index contributed by atoms with van der Waals surface area (Å²) in [6, 6.07) is 8.60. The number of nitrogens with one attached hydrogen (secondary N) is 2. The fourth-order valence-corrected chi connectivity index (χ4v) is 2.44. The molecule has 0 saturated carbocycles. The van der Waals surface area contributed by atoms with Gasteiger partial charge in [0.05, 0.1) is 6.10 Å². The standard InChI is InChI=1S/C16H19N3O4/c1-19-8-2-3-12(19)13(20)6-7-17-16(21)18-11-4-5-14-15(9-11)23-10-22-14/h2-5,8-9,13,20H,6-7,10H2,1H3,(H2,17,18,21)/t13-/m0/s1. The molecule has 122 valence electrons. The molecule has 0 radical (unpaired) electrons. The number of hydrogen-bond acceptors (Lipinski definition) is 4. The summed E-state index contributed by atoms with van der Waals surface area (Å²) in [7, 11) is 1.87. The molecule has 0 saturated heterocycles. The van der Waals surface area contributed by atoms with Crippen LogP contribution in [0.5, 0.6) is 11.5 Å². The number of fused-ring (bicyclic) bond motifs is 1.